The molecule has 122 valence electrons. The van der Waals surface area contributed by atoms with Gasteiger partial charge in [0.1, 0.15) is 12.7 Å². The summed E-state index contributed by atoms with van der Waals surface area (Å²) in [5.41, 5.74) is 4.31. The molecule has 1 atom stereocenters. The quantitative estimate of drug-likeness (QED) is 0.759. The number of benzene rings is 2. The summed E-state index contributed by atoms with van der Waals surface area (Å²) in [4.78, 5) is 4.03. The fourth-order valence-electron chi connectivity index (χ4n) is 3.60. The predicted molar refractivity (Wildman–Crippen MR) is 94.6 cm³/mol. The molecule has 0 radical (unpaired) electrons. The van der Waals surface area contributed by atoms with E-state index < -0.39 is 0 Å². The van der Waals surface area contributed by atoms with Crippen molar-refractivity contribution in [1.82, 2.24) is 20.1 Å². The number of nitrogens with zero attached hydrogens (tertiary/aromatic N) is 3. The van der Waals surface area contributed by atoms with Gasteiger partial charge in [0, 0.05) is 18.6 Å². The Hall–Kier alpha value is -2.46. The third-order valence-electron chi connectivity index (χ3n) is 4.80. The molecule has 0 spiro atoms. The number of hydrogen-bond donors (Lipinski definition) is 1. The van der Waals surface area contributed by atoms with Crippen LogP contribution in [0.3, 0.4) is 0 Å². The summed E-state index contributed by atoms with van der Waals surface area (Å²) in [5.74, 6) is 0. The zero-order chi connectivity index (χ0) is 16.2. The molecule has 0 amide bonds. The van der Waals surface area contributed by atoms with Crippen LogP contribution in [0.4, 0.5) is 0 Å². The molecule has 0 saturated heterocycles. The number of aromatic nitrogens is 3. The fraction of sp³-hybridized carbons (Fsp3) is 0.300. The molecular formula is C20H22N4. The van der Waals surface area contributed by atoms with Crippen LogP contribution in [0.15, 0.2) is 67.3 Å². The maximum absolute atomic E-state index is 4.22. The standard InChI is InChI=1S/C20H22N4/c1-2-6-16(7-3-1)20(10-11-24-15-21-14-22-24)23-19-12-17-8-4-5-9-18(17)13-19/h1-9,14-15,19-20,23H,10-13H2/t20-/m0/s1. The first-order valence-corrected chi connectivity index (χ1v) is 8.58. The molecule has 0 bridgehead atoms. The predicted octanol–water partition coefficient (Wildman–Crippen LogP) is 3.17. The molecule has 0 fully saturated rings. The molecule has 1 aliphatic rings. The Morgan fingerprint density at radius 2 is 1.71 bits per heavy atom. The highest BCUT2D eigenvalue weighted by Crippen LogP contribution is 2.25. The van der Waals surface area contributed by atoms with E-state index in [-0.39, 0.29) is 0 Å². The molecule has 4 rings (SSSR count). The Morgan fingerprint density at radius 1 is 1.00 bits per heavy atom. The van der Waals surface area contributed by atoms with E-state index in [1.165, 1.54) is 16.7 Å². The van der Waals surface area contributed by atoms with E-state index in [0.717, 1.165) is 25.8 Å². The van der Waals surface area contributed by atoms with Crippen LogP contribution in [0, 0.1) is 0 Å². The van der Waals surface area contributed by atoms with Crippen molar-refractivity contribution in [3.05, 3.63) is 83.9 Å². The van der Waals surface area contributed by atoms with E-state index in [0.29, 0.717) is 12.1 Å². The second kappa shape index (κ2) is 6.97. The third-order valence-corrected chi connectivity index (χ3v) is 4.80. The summed E-state index contributed by atoms with van der Waals surface area (Å²) in [6.07, 6.45) is 6.61. The third kappa shape index (κ3) is 3.39. The number of aryl methyl sites for hydroxylation is 1. The topological polar surface area (TPSA) is 42.7 Å². The van der Waals surface area contributed by atoms with Crippen LogP contribution in [-0.2, 0) is 19.4 Å². The maximum Gasteiger partial charge on any atom is 0.137 e. The van der Waals surface area contributed by atoms with Gasteiger partial charge in [0.25, 0.3) is 0 Å². The van der Waals surface area contributed by atoms with Crippen LogP contribution < -0.4 is 5.32 Å². The normalized spacial score (nSPS) is 15.3. The van der Waals surface area contributed by atoms with Crippen molar-refractivity contribution in [3.63, 3.8) is 0 Å². The Labute approximate surface area is 142 Å². The van der Waals surface area contributed by atoms with Gasteiger partial charge in [0.15, 0.2) is 0 Å². The average Bonchev–Trinajstić information content (AvgIpc) is 3.28. The van der Waals surface area contributed by atoms with Gasteiger partial charge in [-0.1, -0.05) is 54.6 Å². The van der Waals surface area contributed by atoms with Gasteiger partial charge >= 0.3 is 0 Å². The van der Waals surface area contributed by atoms with Gasteiger partial charge in [-0.05, 0) is 36.0 Å². The van der Waals surface area contributed by atoms with Gasteiger partial charge in [0.05, 0.1) is 0 Å². The first-order valence-electron chi connectivity index (χ1n) is 8.58. The molecule has 24 heavy (non-hydrogen) atoms. The highest BCUT2D eigenvalue weighted by atomic mass is 15.3. The van der Waals surface area contributed by atoms with Crippen molar-refractivity contribution in [1.29, 1.82) is 0 Å². The van der Waals surface area contributed by atoms with E-state index in [4.69, 9.17) is 0 Å². The van der Waals surface area contributed by atoms with Gasteiger partial charge < -0.3 is 5.32 Å². The summed E-state index contributed by atoms with van der Waals surface area (Å²) in [5, 5.41) is 8.10. The fourth-order valence-corrected chi connectivity index (χ4v) is 3.60. The molecule has 0 saturated carbocycles. The molecule has 1 heterocycles. The smallest absolute Gasteiger partial charge is 0.137 e. The van der Waals surface area contributed by atoms with E-state index in [9.17, 15) is 0 Å². The average molecular weight is 318 g/mol. The molecule has 4 nitrogen and oxygen atoms in total. The molecule has 1 aliphatic carbocycles. The number of nitrogens with one attached hydrogen (secondary N) is 1. The summed E-state index contributed by atoms with van der Waals surface area (Å²) < 4.78 is 1.90. The minimum Gasteiger partial charge on any atom is -0.306 e. The summed E-state index contributed by atoms with van der Waals surface area (Å²) in [6, 6.07) is 20.3. The maximum atomic E-state index is 4.22. The molecule has 0 aliphatic heterocycles. The lowest BCUT2D eigenvalue weighted by Crippen LogP contribution is -2.34. The molecule has 2 aromatic carbocycles. The Balaban J connectivity index is 1.46. The van der Waals surface area contributed by atoms with E-state index in [2.05, 4.69) is 70.0 Å². The molecule has 4 heteroatoms. The molecule has 1 aromatic heterocycles. The van der Waals surface area contributed by atoms with Crippen LogP contribution in [0.5, 0.6) is 0 Å². The van der Waals surface area contributed by atoms with Crippen LogP contribution in [-0.4, -0.2) is 20.8 Å². The van der Waals surface area contributed by atoms with Crippen LogP contribution in [0.25, 0.3) is 0 Å². The Kier molecular flexibility index (Phi) is 4.38. The van der Waals surface area contributed by atoms with Gasteiger partial charge in [0.2, 0.25) is 0 Å². The van der Waals surface area contributed by atoms with Gasteiger partial charge in [-0.2, -0.15) is 5.10 Å². The SMILES string of the molecule is c1ccc([C@H](CCn2cncn2)NC2Cc3ccccc3C2)cc1. The second-order valence-corrected chi connectivity index (χ2v) is 6.45. The van der Waals surface area contributed by atoms with Crippen LogP contribution in [0.1, 0.15) is 29.2 Å². The molecule has 1 N–H and O–H groups in total. The Morgan fingerprint density at radius 3 is 2.38 bits per heavy atom. The number of rotatable bonds is 6. The van der Waals surface area contributed by atoms with Crippen molar-refractivity contribution in [2.45, 2.75) is 37.9 Å². The lowest BCUT2D eigenvalue weighted by molar-refractivity contribution is 0.396. The highest BCUT2D eigenvalue weighted by Gasteiger charge is 2.24. The minimum atomic E-state index is 0.328. The number of fused-ring (bicyclic) bond motifs is 1. The van der Waals surface area contributed by atoms with Crippen molar-refractivity contribution in [2.75, 3.05) is 0 Å². The van der Waals surface area contributed by atoms with E-state index in [1.54, 1.807) is 12.7 Å². The molecule has 0 unspecified atom stereocenters. The first kappa shape index (κ1) is 15.1. The molecular weight excluding hydrogens is 296 g/mol. The Bertz CT molecular complexity index is 742. The largest absolute Gasteiger partial charge is 0.306 e. The van der Waals surface area contributed by atoms with Crippen molar-refractivity contribution >= 4 is 0 Å². The van der Waals surface area contributed by atoms with E-state index in [1.807, 2.05) is 4.68 Å². The van der Waals surface area contributed by atoms with Crippen LogP contribution >= 0.6 is 0 Å². The van der Waals surface area contributed by atoms with Crippen molar-refractivity contribution in [3.8, 4) is 0 Å². The second-order valence-electron chi connectivity index (χ2n) is 6.45. The van der Waals surface area contributed by atoms with Crippen LogP contribution in [0.2, 0.25) is 0 Å². The van der Waals surface area contributed by atoms with E-state index >= 15 is 0 Å². The zero-order valence-electron chi connectivity index (χ0n) is 13.7. The highest BCUT2D eigenvalue weighted by molar-refractivity contribution is 5.33. The summed E-state index contributed by atoms with van der Waals surface area (Å²) in [6.45, 7) is 0.867. The van der Waals surface area contributed by atoms with Crippen molar-refractivity contribution < 1.29 is 0 Å². The van der Waals surface area contributed by atoms with Gasteiger partial charge in [-0.25, -0.2) is 4.98 Å². The van der Waals surface area contributed by atoms with Gasteiger partial charge in [-0.3, -0.25) is 4.68 Å². The number of hydrogen-bond acceptors (Lipinski definition) is 3. The van der Waals surface area contributed by atoms with Gasteiger partial charge in [-0.15, -0.1) is 0 Å². The summed E-state index contributed by atoms with van der Waals surface area (Å²) in [7, 11) is 0. The summed E-state index contributed by atoms with van der Waals surface area (Å²) >= 11 is 0. The molecule has 3 aromatic rings. The first-order chi connectivity index (χ1) is 11.9. The monoisotopic (exact) mass is 318 g/mol. The lowest BCUT2D eigenvalue weighted by Gasteiger charge is -2.23. The minimum absolute atomic E-state index is 0.328. The zero-order valence-corrected chi connectivity index (χ0v) is 13.7. The lowest BCUT2D eigenvalue weighted by atomic mass is 10.0. The van der Waals surface area contributed by atoms with Crippen molar-refractivity contribution in [2.24, 2.45) is 0 Å².